The summed E-state index contributed by atoms with van der Waals surface area (Å²) < 4.78 is 5.43. The van der Waals surface area contributed by atoms with Crippen molar-refractivity contribution in [3.8, 4) is 11.4 Å². The molecule has 0 spiro atoms. The molecular formula is C18H22N4O2. The molecule has 1 aliphatic heterocycles. The van der Waals surface area contributed by atoms with Gasteiger partial charge >= 0.3 is 6.09 Å². The number of hydrogen-bond donors (Lipinski definition) is 1. The van der Waals surface area contributed by atoms with Crippen molar-refractivity contribution in [1.82, 2.24) is 14.9 Å². The van der Waals surface area contributed by atoms with E-state index in [4.69, 9.17) is 10.5 Å². The third-order valence-corrected chi connectivity index (χ3v) is 3.75. The smallest absolute Gasteiger partial charge is 0.410 e. The van der Waals surface area contributed by atoms with E-state index in [1.54, 1.807) is 11.1 Å². The number of fused-ring (bicyclic) bond motifs is 1. The lowest BCUT2D eigenvalue weighted by Crippen LogP contribution is -2.40. The molecule has 2 heterocycles. The topological polar surface area (TPSA) is 81.3 Å². The average Bonchev–Trinajstić information content (AvgIpc) is 2.53. The quantitative estimate of drug-likeness (QED) is 0.815. The number of ether oxygens (including phenoxy) is 1. The molecule has 24 heavy (non-hydrogen) atoms. The van der Waals surface area contributed by atoms with E-state index >= 15 is 0 Å². The summed E-state index contributed by atoms with van der Waals surface area (Å²) >= 11 is 0. The normalized spacial score (nSPS) is 14.2. The van der Waals surface area contributed by atoms with Crippen LogP contribution in [0.1, 0.15) is 32.0 Å². The summed E-state index contributed by atoms with van der Waals surface area (Å²) in [5, 5.41) is 0. The summed E-state index contributed by atoms with van der Waals surface area (Å²) in [6.07, 6.45) is 2.19. The molecule has 0 fully saturated rings. The van der Waals surface area contributed by atoms with Gasteiger partial charge in [-0.15, -0.1) is 0 Å². The molecule has 1 aliphatic rings. The Balaban J connectivity index is 1.77. The molecule has 0 radical (unpaired) electrons. The number of amides is 1. The molecule has 6 heteroatoms. The van der Waals surface area contributed by atoms with Gasteiger partial charge in [-0.2, -0.15) is 0 Å². The second-order valence-corrected chi connectivity index (χ2v) is 6.94. The first kappa shape index (κ1) is 16.2. The van der Waals surface area contributed by atoms with E-state index in [0.29, 0.717) is 31.0 Å². The number of nitrogens with zero attached hydrogens (tertiary/aromatic N) is 3. The van der Waals surface area contributed by atoms with Crippen LogP contribution in [0.5, 0.6) is 0 Å². The first-order valence-electron chi connectivity index (χ1n) is 8.00. The van der Waals surface area contributed by atoms with Crippen LogP contribution in [-0.4, -0.2) is 33.1 Å². The van der Waals surface area contributed by atoms with Crippen molar-refractivity contribution in [2.45, 2.75) is 39.3 Å². The van der Waals surface area contributed by atoms with Crippen molar-refractivity contribution in [2.75, 3.05) is 12.3 Å². The Morgan fingerprint density at radius 2 is 1.96 bits per heavy atom. The van der Waals surface area contributed by atoms with Crippen LogP contribution in [0.3, 0.4) is 0 Å². The molecule has 0 saturated heterocycles. The van der Waals surface area contributed by atoms with Gasteiger partial charge in [0.05, 0.1) is 12.2 Å². The Morgan fingerprint density at radius 1 is 1.25 bits per heavy atom. The summed E-state index contributed by atoms with van der Waals surface area (Å²) in [5.41, 5.74) is 8.81. The lowest BCUT2D eigenvalue weighted by Gasteiger charge is -2.30. The fourth-order valence-electron chi connectivity index (χ4n) is 2.57. The maximum Gasteiger partial charge on any atom is 0.410 e. The molecule has 1 aromatic heterocycles. The van der Waals surface area contributed by atoms with Crippen LogP contribution in [0.4, 0.5) is 10.5 Å². The van der Waals surface area contributed by atoms with Crippen molar-refractivity contribution in [3.05, 3.63) is 41.7 Å². The summed E-state index contributed by atoms with van der Waals surface area (Å²) in [4.78, 5) is 23.0. The van der Waals surface area contributed by atoms with Crippen molar-refractivity contribution in [1.29, 1.82) is 0 Å². The second kappa shape index (κ2) is 6.11. The van der Waals surface area contributed by atoms with Gasteiger partial charge in [-0.1, -0.05) is 0 Å². The van der Waals surface area contributed by atoms with Crippen LogP contribution in [0, 0.1) is 0 Å². The number of nitrogens with two attached hydrogens (primary N) is 1. The van der Waals surface area contributed by atoms with Gasteiger partial charge in [-0.05, 0) is 45.0 Å². The van der Waals surface area contributed by atoms with E-state index in [9.17, 15) is 4.79 Å². The van der Waals surface area contributed by atoms with Crippen LogP contribution in [0.2, 0.25) is 0 Å². The Kier molecular flexibility index (Phi) is 4.13. The zero-order chi connectivity index (χ0) is 17.3. The molecule has 2 N–H and O–H groups in total. The van der Waals surface area contributed by atoms with E-state index in [1.807, 2.05) is 45.0 Å². The van der Waals surface area contributed by atoms with Crippen molar-refractivity contribution in [3.63, 3.8) is 0 Å². The van der Waals surface area contributed by atoms with E-state index in [0.717, 1.165) is 16.8 Å². The van der Waals surface area contributed by atoms with Crippen molar-refractivity contribution >= 4 is 11.8 Å². The fourth-order valence-corrected chi connectivity index (χ4v) is 2.57. The molecule has 0 atom stereocenters. The molecule has 0 saturated carbocycles. The average molecular weight is 326 g/mol. The summed E-state index contributed by atoms with van der Waals surface area (Å²) in [5.74, 6) is 0.680. The lowest BCUT2D eigenvalue weighted by molar-refractivity contribution is 0.0222. The number of carbonyl (C=O) groups excluding carboxylic acids is 1. The van der Waals surface area contributed by atoms with Crippen LogP contribution < -0.4 is 5.73 Å². The minimum absolute atomic E-state index is 0.296. The lowest BCUT2D eigenvalue weighted by atomic mass is 10.1. The van der Waals surface area contributed by atoms with Gasteiger partial charge in [-0.25, -0.2) is 14.8 Å². The van der Waals surface area contributed by atoms with Crippen LogP contribution in [0.15, 0.2) is 30.5 Å². The summed E-state index contributed by atoms with van der Waals surface area (Å²) in [6, 6.07) is 7.49. The van der Waals surface area contributed by atoms with E-state index in [2.05, 4.69) is 9.97 Å². The highest BCUT2D eigenvalue weighted by Gasteiger charge is 2.26. The zero-order valence-electron chi connectivity index (χ0n) is 14.2. The number of carbonyl (C=O) groups is 1. The molecule has 126 valence electrons. The van der Waals surface area contributed by atoms with E-state index in [1.165, 1.54) is 0 Å². The highest BCUT2D eigenvalue weighted by atomic mass is 16.6. The Morgan fingerprint density at radius 3 is 2.62 bits per heavy atom. The SMILES string of the molecule is CC(C)(C)OC(=O)N1CCc2nc(-c3ccc(N)cc3)ncc2C1. The van der Waals surface area contributed by atoms with Crippen LogP contribution in [-0.2, 0) is 17.7 Å². The molecule has 2 aromatic rings. The predicted molar refractivity (Wildman–Crippen MR) is 92.2 cm³/mol. The first-order chi connectivity index (χ1) is 11.3. The Hall–Kier alpha value is -2.63. The highest BCUT2D eigenvalue weighted by molar-refractivity contribution is 5.68. The molecular weight excluding hydrogens is 304 g/mol. The Labute approximate surface area is 141 Å². The minimum Gasteiger partial charge on any atom is -0.444 e. The third-order valence-electron chi connectivity index (χ3n) is 3.75. The third kappa shape index (κ3) is 3.64. The standard InChI is InChI=1S/C18H22N4O2/c1-18(2,3)24-17(23)22-9-8-15-13(11-22)10-20-16(21-15)12-4-6-14(19)7-5-12/h4-7,10H,8-9,11,19H2,1-3H3. The maximum absolute atomic E-state index is 12.2. The maximum atomic E-state index is 12.2. The zero-order valence-corrected chi connectivity index (χ0v) is 14.2. The number of hydrogen-bond acceptors (Lipinski definition) is 5. The van der Waals surface area contributed by atoms with Crippen LogP contribution in [0.25, 0.3) is 11.4 Å². The molecule has 1 amide bonds. The predicted octanol–water partition coefficient (Wildman–Crippen LogP) is 3.02. The van der Waals surface area contributed by atoms with E-state index < -0.39 is 5.60 Å². The van der Waals surface area contributed by atoms with Gasteiger partial charge in [-0.3, -0.25) is 0 Å². The largest absolute Gasteiger partial charge is 0.444 e. The molecule has 1 aromatic carbocycles. The second-order valence-electron chi connectivity index (χ2n) is 6.94. The number of nitrogen functional groups attached to an aromatic ring is 1. The highest BCUT2D eigenvalue weighted by Crippen LogP contribution is 2.23. The van der Waals surface area contributed by atoms with Gasteiger partial charge in [0.1, 0.15) is 5.60 Å². The molecule has 3 rings (SSSR count). The molecule has 6 nitrogen and oxygen atoms in total. The van der Waals surface area contributed by atoms with Gasteiger partial charge in [0.2, 0.25) is 0 Å². The van der Waals surface area contributed by atoms with Crippen molar-refractivity contribution < 1.29 is 9.53 Å². The van der Waals surface area contributed by atoms with E-state index in [-0.39, 0.29) is 6.09 Å². The summed E-state index contributed by atoms with van der Waals surface area (Å²) in [7, 11) is 0. The summed E-state index contributed by atoms with van der Waals surface area (Å²) in [6.45, 7) is 6.67. The van der Waals surface area contributed by atoms with Crippen LogP contribution >= 0.6 is 0 Å². The number of aromatic nitrogens is 2. The first-order valence-corrected chi connectivity index (χ1v) is 8.00. The van der Waals surface area contributed by atoms with Gasteiger partial charge in [0.15, 0.2) is 5.82 Å². The minimum atomic E-state index is -0.493. The number of rotatable bonds is 1. The fraction of sp³-hybridized carbons (Fsp3) is 0.389. The number of benzene rings is 1. The molecule has 0 aliphatic carbocycles. The molecule has 0 unspecified atom stereocenters. The monoisotopic (exact) mass is 326 g/mol. The Bertz CT molecular complexity index is 751. The van der Waals surface area contributed by atoms with Crippen molar-refractivity contribution in [2.24, 2.45) is 0 Å². The number of anilines is 1. The van der Waals surface area contributed by atoms with Gasteiger partial charge in [0.25, 0.3) is 0 Å². The van der Waals surface area contributed by atoms with Gasteiger partial charge < -0.3 is 15.4 Å². The molecule has 0 bridgehead atoms. The van der Waals surface area contributed by atoms with Gasteiger partial charge in [0, 0.05) is 36.0 Å².